The molecular formula is C18H20ClNO3. The summed E-state index contributed by atoms with van der Waals surface area (Å²) in [5.41, 5.74) is 0.968. The van der Waals surface area contributed by atoms with Crippen LogP contribution in [0.25, 0.3) is 0 Å². The monoisotopic (exact) mass is 333 g/mol. The zero-order valence-electron chi connectivity index (χ0n) is 12.9. The van der Waals surface area contributed by atoms with Gasteiger partial charge in [-0.1, -0.05) is 23.7 Å². The fraction of sp³-hybridized carbons (Fsp3) is 0.389. The minimum atomic E-state index is 0.107. The second kappa shape index (κ2) is 7.66. The highest BCUT2D eigenvalue weighted by atomic mass is 35.5. The molecule has 122 valence electrons. The first kappa shape index (κ1) is 16.1. The van der Waals surface area contributed by atoms with E-state index in [-0.39, 0.29) is 11.9 Å². The van der Waals surface area contributed by atoms with Gasteiger partial charge in [0, 0.05) is 24.3 Å². The average Bonchev–Trinajstić information content (AvgIpc) is 3.09. The van der Waals surface area contributed by atoms with E-state index in [9.17, 15) is 4.79 Å². The molecule has 0 atom stereocenters. The number of rotatable bonds is 5. The number of benzene rings is 1. The van der Waals surface area contributed by atoms with Crippen molar-refractivity contribution in [1.29, 1.82) is 0 Å². The van der Waals surface area contributed by atoms with Crippen LogP contribution in [0.15, 0.2) is 47.1 Å². The number of furan rings is 1. The van der Waals surface area contributed by atoms with Crippen LogP contribution in [0.1, 0.15) is 24.2 Å². The molecule has 23 heavy (non-hydrogen) atoms. The number of ether oxygens (including phenoxy) is 1. The Kier molecular flexibility index (Phi) is 5.36. The molecule has 0 spiro atoms. The van der Waals surface area contributed by atoms with Gasteiger partial charge in [0.25, 0.3) is 0 Å². The van der Waals surface area contributed by atoms with Crippen molar-refractivity contribution in [3.63, 3.8) is 0 Å². The standard InChI is InChI=1S/C18H20ClNO3/c19-15-5-3-14(4-6-15)12-18(21)20(13-17-2-1-9-23-17)16-7-10-22-11-8-16/h1-6,9,16H,7-8,10-13H2. The lowest BCUT2D eigenvalue weighted by Crippen LogP contribution is -2.43. The number of carbonyl (C=O) groups excluding carboxylic acids is 1. The van der Waals surface area contributed by atoms with Gasteiger partial charge in [-0.05, 0) is 42.7 Å². The summed E-state index contributed by atoms with van der Waals surface area (Å²) in [6.45, 7) is 1.91. The average molecular weight is 334 g/mol. The van der Waals surface area contributed by atoms with Crippen molar-refractivity contribution in [1.82, 2.24) is 4.90 Å². The summed E-state index contributed by atoms with van der Waals surface area (Å²) in [5.74, 6) is 0.913. The van der Waals surface area contributed by atoms with Crippen LogP contribution in [0.2, 0.25) is 5.02 Å². The third-order valence-electron chi connectivity index (χ3n) is 4.13. The predicted molar refractivity (Wildman–Crippen MR) is 88.3 cm³/mol. The van der Waals surface area contributed by atoms with Crippen molar-refractivity contribution in [2.75, 3.05) is 13.2 Å². The third kappa shape index (κ3) is 4.36. The number of nitrogens with zero attached hydrogens (tertiary/aromatic N) is 1. The fourth-order valence-corrected chi connectivity index (χ4v) is 2.99. The molecule has 0 aliphatic carbocycles. The fourth-order valence-electron chi connectivity index (χ4n) is 2.87. The molecule has 1 aromatic carbocycles. The quantitative estimate of drug-likeness (QED) is 0.838. The van der Waals surface area contributed by atoms with Crippen molar-refractivity contribution < 1.29 is 13.9 Å². The molecular weight excluding hydrogens is 314 g/mol. The van der Waals surface area contributed by atoms with E-state index in [1.807, 2.05) is 41.3 Å². The zero-order valence-corrected chi connectivity index (χ0v) is 13.7. The third-order valence-corrected chi connectivity index (χ3v) is 4.38. The van der Waals surface area contributed by atoms with E-state index >= 15 is 0 Å². The van der Waals surface area contributed by atoms with Gasteiger partial charge in [-0.15, -0.1) is 0 Å². The lowest BCUT2D eigenvalue weighted by molar-refractivity contribution is -0.135. The summed E-state index contributed by atoms with van der Waals surface area (Å²) in [7, 11) is 0. The van der Waals surface area contributed by atoms with Crippen molar-refractivity contribution in [2.24, 2.45) is 0 Å². The van der Waals surface area contributed by atoms with Crippen molar-refractivity contribution >= 4 is 17.5 Å². The van der Waals surface area contributed by atoms with Gasteiger partial charge < -0.3 is 14.1 Å². The summed E-state index contributed by atoms with van der Waals surface area (Å²) in [6.07, 6.45) is 3.75. The van der Waals surface area contributed by atoms with E-state index < -0.39 is 0 Å². The van der Waals surface area contributed by atoms with Gasteiger partial charge in [-0.3, -0.25) is 4.79 Å². The van der Waals surface area contributed by atoms with Crippen LogP contribution in [-0.4, -0.2) is 30.1 Å². The predicted octanol–water partition coefficient (Wildman–Crippen LogP) is 3.68. The van der Waals surface area contributed by atoms with Gasteiger partial charge in [0.1, 0.15) is 5.76 Å². The Balaban J connectivity index is 1.72. The topological polar surface area (TPSA) is 42.7 Å². The Morgan fingerprint density at radius 1 is 1.17 bits per heavy atom. The summed E-state index contributed by atoms with van der Waals surface area (Å²) < 4.78 is 10.8. The zero-order chi connectivity index (χ0) is 16.1. The molecule has 1 aliphatic heterocycles. The Hall–Kier alpha value is -1.78. The summed E-state index contributed by atoms with van der Waals surface area (Å²) in [4.78, 5) is 14.8. The van der Waals surface area contributed by atoms with Crippen molar-refractivity contribution in [3.8, 4) is 0 Å². The Morgan fingerprint density at radius 3 is 2.57 bits per heavy atom. The second-order valence-corrected chi connectivity index (χ2v) is 6.18. The molecule has 3 rings (SSSR count). The maximum absolute atomic E-state index is 12.8. The molecule has 1 amide bonds. The highest BCUT2D eigenvalue weighted by molar-refractivity contribution is 6.30. The highest BCUT2D eigenvalue weighted by Gasteiger charge is 2.26. The van der Waals surface area contributed by atoms with E-state index in [2.05, 4.69) is 0 Å². The van der Waals surface area contributed by atoms with E-state index in [0.717, 1.165) is 24.2 Å². The molecule has 0 bridgehead atoms. The molecule has 1 aromatic heterocycles. The minimum Gasteiger partial charge on any atom is -0.467 e. The first-order valence-electron chi connectivity index (χ1n) is 7.86. The van der Waals surface area contributed by atoms with Gasteiger partial charge in [0.05, 0.1) is 19.2 Å². The molecule has 5 heteroatoms. The Labute approximate surface area is 141 Å². The maximum Gasteiger partial charge on any atom is 0.227 e. The smallest absolute Gasteiger partial charge is 0.227 e. The second-order valence-electron chi connectivity index (χ2n) is 5.75. The normalized spacial score (nSPS) is 15.5. The van der Waals surface area contributed by atoms with Gasteiger partial charge in [0.2, 0.25) is 5.91 Å². The van der Waals surface area contributed by atoms with Gasteiger partial charge in [0.15, 0.2) is 0 Å². The molecule has 1 aliphatic rings. The molecule has 2 heterocycles. The lowest BCUT2D eigenvalue weighted by Gasteiger charge is -2.34. The van der Waals surface area contributed by atoms with Crippen LogP contribution in [-0.2, 0) is 22.5 Å². The molecule has 0 N–H and O–H groups in total. The van der Waals surface area contributed by atoms with Gasteiger partial charge >= 0.3 is 0 Å². The molecule has 0 saturated carbocycles. The van der Waals surface area contributed by atoms with Crippen LogP contribution in [0.3, 0.4) is 0 Å². The van der Waals surface area contributed by atoms with Crippen LogP contribution >= 0.6 is 11.6 Å². The van der Waals surface area contributed by atoms with Crippen molar-refractivity contribution in [2.45, 2.75) is 31.8 Å². The number of hydrogen-bond acceptors (Lipinski definition) is 3. The first-order chi connectivity index (χ1) is 11.2. The van der Waals surface area contributed by atoms with E-state index in [1.54, 1.807) is 6.26 Å². The number of carbonyl (C=O) groups is 1. The Bertz CT molecular complexity index is 618. The SMILES string of the molecule is O=C(Cc1ccc(Cl)cc1)N(Cc1ccco1)C1CCOCC1. The summed E-state index contributed by atoms with van der Waals surface area (Å²) >= 11 is 5.91. The van der Waals surface area contributed by atoms with Crippen LogP contribution in [0.5, 0.6) is 0 Å². The molecule has 1 saturated heterocycles. The summed E-state index contributed by atoms with van der Waals surface area (Å²) in [5, 5.41) is 0.679. The largest absolute Gasteiger partial charge is 0.467 e. The van der Waals surface area contributed by atoms with Gasteiger partial charge in [-0.25, -0.2) is 0 Å². The molecule has 0 unspecified atom stereocenters. The number of hydrogen-bond donors (Lipinski definition) is 0. The van der Waals surface area contributed by atoms with E-state index in [0.29, 0.717) is 31.2 Å². The van der Waals surface area contributed by atoms with E-state index in [4.69, 9.17) is 20.8 Å². The highest BCUT2D eigenvalue weighted by Crippen LogP contribution is 2.20. The number of amides is 1. The maximum atomic E-state index is 12.8. The molecule has 1 fully saturated rings. The molecule has 2 aromatic rings. The van der Waals surface area contributed by atoms with Crippen LogP contribution in [0.4, 0.5) is 0 Å². The minimum absolute atomic E-state index is 0.107. The first-order valence-corrected chi connectivity index (χ1v) is 8.24. The lowest BCUT2D eigenvalue weighted by atomic mass is 10.0. The number of halogens is 1. The summed E-state index contributed by atoms with van der Waals surface area (Å²) in [6, 6.07) is 11.4. The van der Waals surface area contributed by atoms with E-state index in [1.165, 1.54) is 0 Å². The van der Waals surface area contributed by atoms with Crippen molar-refractivity contribution in [3.05, 3.63) is 59.0 Å². The molecule has 0 radical (unpaired) electrons. The van der Waals surface area contributed by atoms with Gasteiger partial charge in [-0.2, -0.15) is 0 Å². The Morgan fingerprint density at radius 2 is 1.91 bits per heavy atom. The van der Waals surface area contributed by atoms with Crippen LogP contribution < -0.4 is 0 Å². The molecule has 4 nitrogen and oxygen atoms in total. The van der Waals surface area contributed by atoms with Crippen LogP contribution in [0, 0.1) is 0 Å².